The third-order valence-electron chi connectivity index (χ3n) is 3.01. The third-order valence-corrected chi connectivity index (χ3v) is 3.61. The van der Waals surface area contributed by atoms with Crippen molar-refractivity contribution in [1.82, 2.24) is 5.32 Å². The van der Waals surface area contributed by atoms with Gasteiger partial charge in [-0.2, -0.15) is 0 Å². The maximum absolute atomic E-state index is 6.11. The van der Waals surface area contributed by atoms with Crippen molar-refractivity contribution in [3.63, 3.8) is 0 Å². The van der Waals surface area contributed by atoms with Crippen LogP contribution in [0.1, 0.15) is 30.4 Å². The molecule has 0 radical (unpaired) electrons. The molecule has 1 fully saturated rings. The molecule has 1 aromatic carbocycles. The zero-order valence-electron chi connectivity index (χ0n) is 10.6. The highest BCUT2D eigenvalue weighted by Gasteiger charge is 2.19. The van der Waals surface area contributed by atoms with Crippen molar-refractivity contribution < 1.29 is 4.74 Å². The van der Waals surface area contributed by atoms with Crippen LogP contribution in [0.15, 0.2) is 12.1 Å². The monoisotopic (exact) mass is 253 g/mol. The van der Waals surface area contributed by atoms with Gasteiger partial charge in [-0.15, -0.1) is 0 Å². The average molecular weight is 254 g/mol. The Morgan fingerprint density at radius 2 is 1.94 bits per heavy atom. The summed E-state index contributed by atoms with van der Waals surface area (Å²) in [6, 6.07) is 4.79. The van der Waals surface area contributed by atoms with E-state index in [2.05, 4.69) is 5.32 Å². The molecule has 0 unspecified atom stereocenters. The minimum Gasteiger partial charge on any atom is -0.494 e. The standard InChI is InChI=1S/C14H20ClNO/c1-10-8-13(9-11(2)14(10)15)17-7-3-6-16-12-4-5-12/h8-9,12,16H,3-7H2,1-2H3. The Labute approximate surface area is 108 Å². The van der Waals surface area contributed by atoms with E-state index in [0.717, 1.165) is 47.5 Å². The topological polar surface area (TPSA) is 21.3 Å². The fourth-order valence-electron chi connectivity index (χ4n) is 1.85. The summed E-state index contributed by atoms with van der Waals surface area (Å²) in [7, 11) is 0. The average Bonchev–Trinajstić information content (AvgIpc) is 3.09. The van der Waals surface area contributed by atoms with E-state index in [4.69, 9.17) is 16.3 Å². The number of aryl methyl sites for hydroxylation is 2. The molecular formula is C14H20ClNO. The smallest absolute Gasteiger partial charge is 0.119 e. The molecule has 0 heterocycles. The molecule has 17 heavy (non-hydrogen) atoms. The number of benzene rings is 1. The van der Waals surface area contributed by atoms with Crippen molar-refractivity contribution in [3.8, 4) is 5.75 Å². The summed E-state index contributed by atoms with van der Waals surface area (Å²) in [5.74, 6) is 0.927. The van der Waals surface area contributed by atoms with Gasteiger partial charge in [0.1, 0.15) is 5.75 Å². The largest absolute Gasteiger partial charge is 0.494 e. The second-order valence-corrected chi connectivity index (χ2v) is 5.18. The van der Waals surface area contributed by atoms with Crippen LogP contribution in [0.3, 0.4) is 0 Å². The number of ether oxygens (including phenoxy) is 1. The second kappa shape index (κ2) is 5.74. The maximum atomic E-state index is 6.11. The highest BCUT2D eigenvalue weighted by atomic mass is 35.5. The van der Waals surface area contributed by atoms with Crippen molar-refractivity contribution >= 4 is 11.6 Å². The van der Waals surface area contributed by atoms with Gasteiger partial charge in [0.2, 0.25) is 0 Å². The Balaban J connectivity index is 1.73. The van der Waals surface area contributed by atoms with Crippen LogP contribution >= 0.6 is 11.6 Å². The van der Waals surface area contributed by atoms with Gasteiger partial charge >= 0.3 is 0 Å². The fraction of sp³-hybridized carbons (Fsp3) is 0.571. The molecule has 0 saturated heterocycles. The van der Waals surface area contributed by atoms with Gasteiger partial charge in [-0.3, -0.25) is 0 Å². The second-order valence-electron chi connectivity index (χ2n) is 4.80. The number of hydrogen-bond donors (Lipinski definition) is 1. The van der Waals surface area contributed by atoms with Gasteiger partial charge in [0.25, 0.3) is 0 Å². The van der Waals surface area contributed by atoms with Gasteiger partial charge in [0, 0.05) is 11.1 Å². The van der Waals surface area contributed by atoms with Crippen molar-refractivity contribution in [2.24, 2.45) is 0 Å². The van der Waals surface area contributed by atoms with Gasteiger partial charge < -0.3 is 10.1 Å². The molecule has 2 rings (SSSR count). The minimum atomic E-state index is 0.764. The molecule has 1 aromatic rings. The van der Waals surface area contributed by atoms with E-state index in [1.165, 1.54) is 12.8 Å². The first kappa shape index (κ1) is 12.7. The first-order valence-corrected chi connectivity index (χ1v) is 6.67. The lowest BCUT2D eigenvalue weighted by atomic mass is 10.1. The lowest BCUT2D eigenvalue weighted by molar-refractivity contribution is 0.307. The van der Waals surface area contributed by atoms with E-state index in [1.54, 1.807) is 0 Å². The molecule has 0 spiro atoms. The molecule has 1 N–H and O–H groups in total. The molecule has 0 atom stereocenters. The van der Waals surface area contributed by atoms with Crippen molar-refractivity contribution in [2.45, 2.75) is 39.2 Å². The minimum absolute atomic E-state index is 0.764. The lowest BCUT2D eigenvalue weighted by Crippen LogP contribution is -2.19. The molecule has 0 bridgehead atoms. The first-order chi connectivity index (χ1) is 8.16. The normalized spacial score (nSPS) is 15.0. The summed E-state index contributed by atoms with van der Waals surface area (Å²) < 4.78 is 5.73. The highest BCUT2D eigenvalue weighted by molar-refractivity contribution is 6.32. The number of nitrogens with one attached hydrogen (secondary N) is 1. The summed E-state index contributed by atoms with van der Waals surface area (Å²) in [6.45, 7) is 5.84. The highest BCUT2D eigenvalue weighted by Crippen LogP contribution is 2.25. The molecule has 0 aliphatic heterocycles. The number of halogens is 1. The Kier molecular flexibility index (Phi) is 4.30. The van der Waals surface area contributed by atoms with Crippen LogP contribution in [0.25, 0.3) is 0 Å². The van der Waals surface area contributed by atoms with Crippen LogP contribution in [-0.2, 0) is 0 Å². The molecule has 3 heteroatoms. The predicted molar refractivity (Wildman–Crippen MR) is 72.1 cm³/mol. The van der Waals surface area contributed by atoms with E-state index in [0.29, 0.717) is 0 Å². The van der Waals surface area contributed by atoms with Crippen LogP contribution in [0.4, 0.5) is 0 Å². The third kappa shape index (κ3) is 3.90. The SMILES string of the molecule is Cc1cc(OCCCNC2CC2)cc(C)c1Cl. The molecule has 0 amide bonds. The summed E-state index contributed by atoms with van der Waals surface area (Å²) >= 11 is 6.11. The van der Waals surface area contributed by atoms with Crippen molar-refractivity contribution in [3.05, 3.63) is 28.3 Å². The maximum Gasteiger partial charge on any atom is 0.119 e. The van der Waals surface area contributed by atoms with Gasteiger partial charge in [-0.05, 0) is 62.9 Å². The Hall–Kier alpha value is -0.730. The van der Waals surface area contributed by atoms with Crippen LogP contribution in [0, 0.1) is 13.8 Å². The molecule has 94 valence electrons. The Bertz CT molecular complexity index is 365. The zero-order chi connectivity index (χ0) is 12.3. The van der Waals surface area contributed by atoms with Crippen LogP contribution in [-0.4, -0.2) is 19.2 Å². The van der Waals surface area contributed by atoms with Gasteiger partial charge in [0.15, 0.2) is 0 Å². The Morgan fingerprint density at radius 3 is 2.53 bits per heavy atom. The molecule has 2 nitrogen and oxygen atoms in total. The van der Waals surface area contributed by atoms with E-state index >= 15 is 0 Å². The van der Waals surface area contributed by atoms with Gasteiger partial charge in [0.05, 0.1) is 6.61 Å². The first-order valence-electron chi connectivity index (χ1n) is 6.30. The van der Waals surface area contributed by atoms with Gasteiger partial charge in [-0.1, -0.05) is 11.6 Å². The summed E-state index contributed by atoms with van der Waals surface area (Å²) in [4.78, 5) is 0. The summed E-state index contributed by atoms with van der Waals surface area (Å²) in [5.41, 5.74) is 2.16. The zero-order valence-corrected chi connectivity index (χ0v) is 11.3. The fourth-order valence-corrected chi connectivity index (χ4v) is 1.95. The van der Waals surface area contributed by atoms with E-state index in [-0.39, 0.29) is 0 Å². The van der Waals surface area contributed by atoms with Crippen LogP contribution in [0.5, 0.6) is 5.75 Å². The van der Waals surface area contributed by atoms with Crippen LogP contribution < -0.4 is 10.1 Å². The van der Waals surface area contributed by atoms with Crippen LogP contribution in [0.2, 0.25) is 5.02 Å². The Morgan fingerprint density at radius 1 is 1.29 bits per heavy atom. The molecular weight excluding hydrogens is 234 g/mol. The molecule has 1 aliphatic carbocycles. The number of rotatable bonds is 6. The lowest BCUT2D eigenvalue weighted by Gasteiger charge is -2.10. The summed E-state index contributed by atoms with van der Waals surface area (Å²) in [6.07, 6.45) is 3.74. The van der Waals surface area contributed by atoms with Crippen molar-refractivity contribution in [2.75, 3.05) is 13.2 Å². The van der Waals surface area contributed by atoms with E-state index in [9.17, 15) is 0 Å². The summed E-state index contributed by atoms with van der Waals surface area (Å²) in [5, 5.41) is 4.31. The number of hydrogen-bond acceptors (Lipinski definition) is 2. The molecule has 0 aromatic heterocycles. The van der Waals surface area contributed by atoms with E-state index < -0.39 is 0 Å². The van der Waals surface area contributed by atoms with Crippen molar-refractivity contribution in [1.29, 1.82) is 0 Å². The molecule has 1 saturated carbocycles. The predicted octanol–water partition coefficient (Wildman–Crippen LogP) is 3.48. The van der Waals surface area contributed by atoms with Gasteiger partial charge in [-0.25, -0.2) is 0 Å². The quantitative estimate of drug-likeness (QED) is 0.784. The van der Waals surface area contributed by atoms with E-state index in [1.807, 2.05) is 26.0 Å². The molecule has 1 aliphatic rings.